The van der Waals surface area contributed by atoms with Gasteiger partial charge in [0, 0.05) is 24.5 Å². The van der Waals surface area contributed by atoms with Crippen molar-refractivity contribution in [3.05, 3.63) is 48.3 Å². The third kappa shape index (κ3) is 6.49. The number of nitrogens with one attached hydrogen (secondary N) is 2. The van der Waals surface area contributed by atoms with Crippen molar-refractivity contribution < 1.29 is 4.79 Å². The molecule has 4 nitrogen and oxygen atoms in total. The van der Waals surface area contributed by atoms with Crippen LogP contribution in [-0.4, -0.2) is 24.0 Å². The zero-order chi connectivity index (χ0) is 17.6. The van der Waals surface area contributed by atoms with Crippen molar-refractivity contribution >= 4 is 36.4 Å². The fourth-order valence-corrected chi connectivity index (χ4v) is 3.55. The fourth-order valence-electron chi connectivity index (χ4n) is 3.55. The van der Waals surface area contributed by atoms with E-state index >= 15 is 0 Å². The van der Waals surface area contributed by atoms with E-state index in [-0.39, 0.29) is 30.7 Å². The molecule has 0 saturated carbocycles. The summed E-state index contributed by atoms with van der Waals surface area (Å²) in [6.07, 6.45) is 6.50. The molecule has 1 fully saturated rings. The number of aromatic nitrogens is 1. The van der Waals surface area contributed by atoms with Crippen LogP contribution in [-0.2, 0) is 4.79 Å². The summed E-state index contributed by atoms with van der Waals surface area (Å²) >= 11 is 0. The number of pyridine rings is 1. The fraction of sp³-hybridized carbons (Fsp3) is 0.429. The number of carbonyl (C=O) groups excluding carboxylic acids is 1. The maximum absolute atomic E-state index is 12.5. The normalized spacial score (nSPS) is 15.2. The first-order valence-electron chi connectivity index (χ1n) is 9.15. The highest BCUT2D eigenvalue weighted by molar-refractivity contribution is 5.92. The van der Waals surface area contributed by atoms with Gasteiger partial charge in [-0.15, -0.1) is 24.8 Å². The van der Waals surface area contributed by atoms with E-state index in [0.717, 1.165) is 35.5 Å². The van der Waals surface area contributed by atoms with Crippen LogP contribution in [0.25, 0.3) is 11.1 Å². The first-order valence-corrected chi connectivity index (χ1v) is 9.15. The maximum Gasteiger partial charge on any atom is 0.224 e. The average Bonchev–Trinajstić information content (AvgIpc) is 2.65. The third-order valence-electron chi connectivity index (χ3n) is 5.22. The summed E-state index contributed by atoms with van der Waals surface area (Å²) in [7, 11) is 0. The minimum atomic E-state index is 0. The molecule has 1 amide bonds. The molecule has 2 heterocycles. The number of nitrogens with zero attached hydrogens (tertiary/aromatic N) is 1. The topological polar surface area (TPSA) is 54.0 Å². The van der Waals surface area contributed by atoms with Crippen molar-refractivity contribution in [1.82, 2.24) is 10.3 Å². The molecule has 6 heteroatoms. The lowest BCUT2D eigenvalue weighted by Crippen LogP contribution is -2.32. The lowest BCUT2D eigenvalue weighted by Gasteiger charge is -2.28. The van der Waals surface area contributed by atoms with Gasteiger partial charge in [-0.05, 0) is 79.6 Å². The number of amides is 1. The van der Waals surface area contributed by atoms with E-state index in [1.54, 1.807) is 12.4 Å². The molecule has 2 aromatic rings. The molecule has 148 valence electrons. The third-order valence-corrected chi connectivity index (χ3v) is 5.22. The van der Waals surface area contributed by atoms with Gasteiger partial charge in [-0.3, -0.25) is 9.78 Å². The highest BCUT2D eigenvalue weighted by Crippen LogP contribution is 2.27. The molecule has 1 aliphatic heterocycles. The Kier molecular flexibility index (Phi) is 9.78. The smallest absolute Gasteiger partial charge is 0.224 e. The Morgan fingerprint density at radius 2 is 1.81 bits per heavy atom. The van der Waals surface area contributed by atoms with Crippen molar-refractivity contribution in [1.29, 1.82) is 0 Å². The molecule has 0 radical (unpaired) electrons. The highest BCUT2D eigenvalue weighted by atomic mass is 35.5. The zero-order valence-corrected chi connectivity index (χ0v) is 17.5. The Hall–Kier alpha value is -1.62. The van der Waals surface area contributed by atoms with Gasteiger partial charge in [-0.2, -0.15) is 0 Å². The molecule has 0 bridgehead atoms. The van der Waals surface area contributed by atoms with Crippen LogP contribution < -0.4 is 10.6 Å². The number of halogens is 2. The average molecular weight is 410 g/mol. The van der Waals surface area contributed by atoms with E-state index in [2.05, 4.69) is 40.7 Å². The van der Waals surface area contributed by atoms with Crippen molar-refractivity contribution in [2.75, 3.05) is 18.4 Å². The molecule has 1 aromatic carbocycles. The summed E-state index contributed by atoms with van der Waals surface area (Å²) in [5.41, 5.74) is 4.18. The van der Waals surface area contributed by atoms with E-state index in [9.17, 15) is 4.79 Å². The largest absolute Gasteiger partial charge is 0.326 e. The summed E-state index contributed by atoms with van der Waals surface area (Å²) in [6.45, 7) is 6.38. The van der Waals surface area contributed by atoms with E-state index < -0.39 is 0 Å². The summed E-state index contributed by atoms with van der Waals surface area (Å²) < 4.78 is 0. The van der Waals surface area contributed by atoms with Gasteiger partial charge in [0.1, 0.15) is 0 Å². The van der Waals surface area contributed by atoms with Crippen molar-refractivity contribution in [3.8, 4) is 11.1 Å². The number of piperidine rings is 1. The first-order chi connectivity index (χ1) is 12.1. The Bertz CT molecular complexity index is 719. The SMILES string of the molecule is Cc1ccc(-c2ccncc2)cc1NC(=O)CC(C)C1CCNCC1.Cl.Cl. The number of benzene rings is 1. The summed E-state index contributed by atoms with van der Waals surface area (Å²) in [4.78, 5) is 16.6. The van der Waals surface area contributed by atoms with Gasteiger partial charge in [0.15, 0.2) is 0 Å². The molecule has 1 aliphatic rings. The Morgan fingerprint density at radius 3 is 2.48 bits per heavy atom. The van der Waals surface area contributed by atoms with Crippen LogP contribution in [0.2, 0.25) is 0 Å². The van der Waals surface area contributed by atoms with E-state index in [1.165, 1.54) is 12.8 Å². The van der Waals surface area contributed by atoms with E-state index in [0.29, 0.717) is 18.3 Å². The standard InChI is InChI=1S/C21H27N3O.2ClH/c1-15-3-4-19(18-7-11-23-12-8-18)14-20(15)24-21(25)13-16(2)17-5-9-22-10-6-17;;/h3-4,7-8,11-12,14,16-17,22H,5-6,9-10,13H2,1-2H3,(H,24,25);2*1H. The summed E-state index contributed by atoms with van der Waals surface area (Å²) in [5, 5.41) is 6.51. The van der Waals surface area contributed by atoms with E-state index in [4.69, 9.17) is 0 Å². The van der Waals surface area contributed by atoms with Crippen LogP contribution in [0.3, 0.4) is 0 Å². The molecule has 1 atom stereocenters. The van der Waals surface area contributed by atoms with E-state index in [1.807, 2.05) is 19.1 Å². The van der Waals surface area contributed by atoms with Gasteiger partial charge in [0.25, 0.3) is 0 Å². The molecule has 3 rings (SSSR count). The van der Waals surface area contributed by atoms with Crippen molar-refractivity contribution in [2.45, 2.75) is 33.1 Å². The van der Waals surface area contributed by atoms with Crippen LogP contribution in [0.15, 0.2) is 42.7 Å². The highest BCUT2D eigenvalue weighted by Gasteiger charge is 2.22. The Morgan fingerprint density at radius 1 is 1.15 bits per heavy atom. The number of hydrogen-bond acceptors (Lipinski definition) is 3. The summed E-state index contributed by atoms with van der Waals surface area (Å²) in [6, 6.07) is 10.2. The van der Waals surface area contributed by atoms with Gasteiger partial charge in [-0.25, -0.2) is 0 Å². The van der Waals surface area contributed by atoms with Gasteiger partial charge in [-0.1, -0.05) is 19.1 Å². The summed E-state index contributed by atoms with van der Waals surface area (Å²) in [5.74, 6) is 1.18. The number of carbonyl (C=O) groups is 1. The maximum atomic E-state index is 12.5. The Labute approximate surface area is 174 Å². The number of anilines is 1. The van der Waals surface area contributed by atoms with Gasteiger partial charge < -0.3 is 10.6 Å². The lowest BCUT2D eigenvalue weighted by atomic mass is 9.84. The molecule has 1 unspecified atom stereocenters. The minimum absolute atomic E-state index is 0. The van der Waals surface area contributed by atoms with Gasteiger partial charge in [0.05, 0.1) is 0 Å². The monoisotopic (exact) mass is 409 g/mol. The lowest BCUT2D eigenvalue weighted by molar-refractivity contribution is -0.117. The molecule has 27 heavy (non-hydrogen) atoms. The zero-order valence-electron chi connectivity index (χ0n) is 15.9. The first kappa shape index (κ1) is 23.4. The van der Waals surface area contributed by atoms with Crippen LogP contribution in [0, 0.1) is 18.8 Å². The predicted octanol–water partition coefficient (Wildman–Crippen LogP) is 4.86. The number of aryl methyl sites for hydroxylation is 1. The second-order valence-corrected chi connectivity index (χ2v) is 7.08. The molecule has 0 spiro atoms. The van der Waals surface area contributed by atoms with Crippen molar-refractivity contribution in [3.63, 3.8) is 0 Å². The molecular weight excluding hydrogens is 381 g/mol. The molecule has 0 aliphatic carbocycles. The quantitative estimate of drug-likeness (QED) is 0.740. The minimum Gasteiger partial charge on any atom is -0.326 e. The van der Waals surface area contributed by atoms with Gasteiger partial charge >= 0.3 is 0 Å². The predicted molar refractivity (Wildman–Crippen MR) is 117 cm³/mol. The molecule has 2 N–H and O–H groups in total. The molecule has 1 aromatic heterocycles. The van der Waals surface area contributed by atoms with Crippen LogP contribution in [0.4, 0.5) is 5.69 Å². The second-order valence-electron chi connectivity index (χ2n) is 7.08. The Balaban J connectivity index is 0.00000182. The number of rotatable bonds is 5. The molecular formula is C21H29Cl2N3O. The van der Waals surface area contributed by atoms with Crippen LogP contribution in [0.5, 0.6) is 0 Å². The van der Waals surface area contributed by atoms with Crippen molar-refractivity contribution in [2.24, 2.45) is 11.8 Å². The van der Waals surface area contributed by atoms with Crippen LogP contribution >= 0.6 is 24.8 Å². The number of hydrogen-bond donors (Lipinski definition) is 2. The van der Waals surface area contributed by atoms with Gasteiger partial charge in [0.2, 0.25) is 5.91 Å². The molecule has 1 saturated heterocycles. The second kappa shape index (κ2) is 11.3. The van der Waals surface area contributed by atoms with Crippen LogP contribution in [0.1, 0.15) is 31.7 Å².